The van der Waals surface area contributed by atoms with Crippen LogP contribution < -0.4 is 5.32 Å². The van der Waals surface area contributed by atoms with Crippen LogP contribution in [0, 0.1) is 23.2 Å². The summed E-state index contributed by atoms with van der Waals surface area (Å²) in [6.07, 6.45) is 5.12. The molecule has 1 saturated heterocycles. The van der Waals surface area contributed by atoms with Gasteiger partial charge in [-0.15, -0.1) is 5.92 Å². The van der Waals surface area contributed by atoms with Gasteiger partial charge in [0.2, 0.25) is 5.91 Å². The summed E-state index contributed by atoms with van der Waals surface area (Å²) in [5, 5.41) is 12.3. The summed E-state index contributed by atoms with van der Waals surface area (Å²) in [7, 11) is 0. The van der Waals surface area contributed by atoms with Crippen molar-refractivity contribution >= 4 is 5.91 Å². The summed E-state index contributed by atoms with van der Waals surface area (Å²) in [6.45, 7) is 2.11. The SMILES string of the molecule is CC#CC1CCC(C#N)N1C(=O)CNC1CCC1. The molecule has 2 atom stereocenters. The van der Waals surface area contributed by atoms with E-state index in [4.69, 9.17) is 5.26 Å². The highest BCUT2D eigenvalue weighted by atomic mass is 16.2. The highest BCUT2D eigenvalue weighted by Crippen LogP contribution is 2.24. The fraction of sp³-hybridized carbons (Fsp3) is 0.714. The molecule has 2 unspecified atom stereocenters. The molecule has 1 amide bonds. The maximum absolute atomic E-state index is 12.2. The normalized spacial score (nSPS) is 27.0. The third-order valence-corrected chi connectivity index (χ3v) is 3.78. The lowest BCUT2D eigenvalue weighted by Gasteiger charge is -2.29. The van der Waals surface area contributed by atoms with Crippen molar-refractivity contribution in [1.29, 1.82) is 5.26 Å². The van der Waals surface area contributed by atoms with Crippen molar-refractivity contribution in [3.63, 3.8) is 0 Å². The van der Waals surface area contributed by atoms with E-state index in [9.17, 15) is 4.79 Å². The molecule has 0 aromatic rings. The van der Waals surface area contributed by atoms with Gasteiger partial charge < -0.3 is 10.2 Å². The molecule has 2 rings (SSSR count). The van der Waals surface area contributed by atoms with E-state index in [0.29, 0.717) is 12.6 Å². The van der Waals surface area contributed by atoms with Gasteiger partial charge in [0.25, 0.3) is 0 Å². The Bertz CT molecular complexity index is 411. The highest BCUT2D eigenvalue weighted by Gasteiger charge is 2.36. The zero-order chi connectivity index (χ0) is 13.0. The van der Waals surface area contributed by atoms with E-state index in [1.54, 1.807) is 11.8 Å². The lowest BCUT2D eigenvalue weighted by Crippen LogP contribution is -2.47. The number of rotatable bonds is 3. The monoisotopic (exact) mass is 245 g/mol. The van der Waals surface area contributed by atoms with Gasteiger partial charge in [-0.3, -0.25) is 4.79 Å². The van der Waals surface area contributed by atoms with Crippen molar-refractivity contribution in [2.75, 3.05) is 6.54 Å². The van der Waals surface area contributed by atoms with Gasteiger partial charge in [0.1, 0.15) is 6.04 Å². The van der Waals surface area contributed by atoms with Gasteiger partial charge in [0.15, 0.2) is 0 Å². The minimum Gasteiger partial charge on any atom is -0.312 e. The van der Waals surface area contributed by atoms with Crippen LogP contribution >= 0.6 is 0 Å². The fourth-order valence-corrected chi connectivity index (χ4v) is 2.53. The lowest BCUT2D eigenvalue weighted by molar-refractivity contribution is -0.131. The minimum atomic E-state index is -0.299. The van der Waals surface area contributed by atoms with Crippen LogP contribution in [-0.4, -0.2) is 35.5 Å². The van der Waals surface area contributed by atoms with Gasteiger partial charge in [-0.05, 0) is 32.6 Å². The Balaban J connectivity index is 1.94. The third-order valence-electron chi connectivity index (χ3n) is 3.78. The molecule has 96 valence electrons. The second-order valence-corrected chi connectivity index (χ2v) is 4.94. The number of nitriles is 1. The molecule has 0 bridgehead atoms. The summed E-state index contributed by atoms with van der Waals surface area (Å²) in [5.74, 6) is 5.90. The third kappa shape index (κ3) is 2.66. The van der Waals surface area contributed by atoms with Gasteiger partial charge in [-0.2, -0.15) is 5.26 Å². The molecule has 1 N–H and O–H groups in total. The number of carbonyl (C=O) groups is 1. The number of carbonyl (C=O) groups excluding carboxylic acids is 1. The van der Waals surface area contributed by atoms with E-state index in [1.165, 1.54) is 6.42 Å². The predicted molar refractivity (Wildman–Crippen MR) is 68.4 cm³/mol. The van der Waals surface area contributed by atoms with Crippen LogP contribution in [0.3, 0.4) is 0 Å². The minimum absolute atomic E-state index is 0.0127. The first-order valence-corrected chi connectivity index (χ1v) is 6.62. The van der Waals surface area contributed by atoms with Gasteiger partial charge in [-0.1, -0.05) is 12.3 Å². The molecule has 2 aliphatic rings. The van der Waals surface area contributed by atoms with Crippen molar-refractivity contribution in [3.05, 3.63) is 0 Å². The first-order chi connectivity index (χ1) is 8.76. The van der Waals surface area contributed by atoms with Crippen LogP contribution in [0.15, 0.2) is 0 Å². The largest absolute Gasteiger partial charge is 0.312 e. The molecule has 1 heterocycles. The topological polar surface area (TPSA) is 56.1 Å². The zero-order valence-corrected chi connectivity index (χ0v) is 10.8. The van der Waals surface area contributed by atoms with E-state index in [2.05, 4.69) is 23.2 Å². The van der Waals surface area contributed by atoms with Crippen molar-refractivity contribution in [2.24, 2.45) is 0 Å². The molecule has 18 heavy (non-hydrogen) atoms. The highest BCUT2D eigenvalue weighted by molar-refractivity contribution is 5.80. The number of nitrogens with one attached hydrogen (secondary N) is 1. The Morgan fingerprint density at radius 1 is 1.33 bits per heavy atom. The molecular formula is C14H19N3O. The van der Waals surface area contributed by atoms with E-state index >= 15 is 0 Å². The number of nitrogens with zero attached hydrogens (tertiary/aromatic N) is 2. The van der Waals surface area contributed by atoms with Crippen molar-refractivity contribution in [3.8, 4) is 17.9 Å². The van der Waals surface area contributed by atoms with Crippen molar-refractivity contribution in [1.82, 2.24) is 10.2 Å². The quantitative estimate of drug-likeness (QED) is 0.756. The Labute approximate surface area is 108 Å². The standard InChI is InChI=1S/C14H19N3O/c1-2-4-12-7-8-13(9-15)17(12)14(18)10-16-11-5-3-6-11/h11-13,16H,3,5-8,10H2,1H3. The lowest BCUT2D eigenvalue weighted by atomic mass is 9.93. The van der Waals surface area contributed by atoms with Crippen LogP contribution in [0.4, 0.5) is 0 Å². The van der Waals surface area contributed by atoms with Crippen LogP contribution in [0.5, 0.6) is 0 Å². The van der Waals surface area contributed by atoms with Gasteiger partial charge in [0.05, 0.1) is 18.7 Å². The number of likely N-dealkylation sites (tertiary alicyclic amines) is 1. The summed E-state index contributed by atoms with van der Waals surface area (Å²) < 4.78 is 0. The number of hydrogen-bond donors (Lipinski definition) is 1. The molecule has 0 spiro atoms. The van der Waals surface area contributed by atoms with Gasteiger partial charge in [0, 0.05) is 6.04 Å². The van der Waals surface area contributed by atoms with E-state index in [1.807, 2.05) is 0 Å². The summed E-state index contributed by atoms with van der Waals surface area (Å²) in [4.78, 5) is 13.9. The second kappa shape index (κ2) is 5.89. The molecule has 2 fully saturated rings. The van der Waals surface area contributed by atoms with Crippen LogP contribution in [-0.2, 0) is 4.79 Å². The summed E-state index contributed by atoms with van der Waals surface area (Å²) in [6, 6.07) is 2.33. The maximum atomic E-state index is 12.2. The average Bonchev–Trinajstić information content (AvgIpc) is 2.70. The van der Waals surface area contributed by atoms with Crippen molar-refractivity contribution in [2.45, 2.75) is 57.2 Å². The van der Waals surface area contributed by atoms with Crippen LogP contribution in [0.25, 0.3) is 0 Å². The molecule has 4 heteroatoms. The molecule has 4 nitrogen and oxygen atoms in total. The first kappa shape index (κ1) is 12.9. The van der Waals surface area contributed by atoms with Gasteiger partial charge >= 0.3 is 0 Å². The molecule has 1 aliphatic carbocycles. The van der Waals surface area contributed by atoms with Crippen LogP contribution in [0.2, 0.25) is 0 Å². The molecule has 1 saturated carbocycles. The number of amides is 1. The van der Waals surface area contributed by atoms with Crippen LogP contribution in [0.1, 0.15) is 39.0 Å². The average molecular weight is 245 g/mol. The smallest absolute Gasteiger partial charge is 0.238 e. The summed E-state index contributed by atoms with van der Waals surface area (Å²) >= 11 is 0. The molecule has 1 aliphatic heterocycles. The van der Waals surface area contributed by atoms with E-state index in [0.717, 1.165) is 25.7 Å². The molecule has 0 aromatic carbocycles. The van der Waals surface area contributed by atoms with Gasteiger partial charge in [-0.25, -0.2) is 0 Å². The Morgan fingerprint density at radius 3 is 2.61 bits per heavy atom. The number of hydrogen-bond acceptors (Lipinski definition) is 3. The molecule has 0 aromatic heterocycles. The Morgan fingerprint density at radius 2 is 2.06 bits per heavy atom. The first-order valence-electron chi connectivity index (χ1n) is 6.62. The Kier molecular flexibility index (Phi) is 4.23. The summed E-state index contributed by atoms with van der Waals surface area (Å²) in [5.41, 5.74) is 0. The fourth-order valence-electron chi connectivity index (χ4n) is 2.53. The van der Waals surface area contributed by atoms with Crippen molar-refractivity contribution < 1.29 is 4.79 Å². The Hall–Kier alpha value is -1.52. The zero-order valence-electron chi connectivity index (χ0n) is 10.8. The molecular weight excluding hydrogens is 226 g/mol. The van der Waals surface area contributed by atoms with E-state index < -0.39 is 0 Å². The van der Waals surface area contributed by atoms with E-state index in [-0.39, 0.29) is 18.0 Å². The maximum Gasteiger partial charge on any atom is 0.238 e. The molecule has 0 radical (unpaired) electrons. The second-order valence-electron chi connectivity index (χ2n) is 4.94. The predicted octanol–water partition coefficient (Wildman–Crippen LogP) is 1.03.